The van der Waals surface area contributed by atoms with E-state index in [4.69, 9.17) is 21.8 Å². The van der Waals surface area contributed by atoms with Gasteiger partial charge in [0.15, 0.2) is 6.10 Å². The molecule has 1 aromatic rings. The summed E-state index contributed by atoms with van der Waals surface area (Å²) in [6.45, 7) is 0. The Hall–Kier alpha value is -1.48. The van der Waals surface area contributed by atoms with Crippen molar-refractivity contribution in [2.75, 3.05) is 0 Å². The number of hydrogen-bond donors (Lipinski definition) is 2. The molecular formula is C10H5ClF6O3. The molecule has 0 aliphatic heterocycles. The average molecular weight is 323 g/mol. The monoisotopic (exact) mass is 322 g/mol. The van der Waals surface area contributed by atoms with Crippen LogP contribution in [0, 0.1) is 0 Å². The summed E-state index contributed by atoms with van der Waals surface area (Å²) in [4.78, 5) is 10.5. The molecular weight excluding hydrogens is 318 g/mol. The number of aliphatic hydroxyl groups excluding tert-OH is 1. The summed E-state index contributed by atoms with van der Waals surface area (Å²) in [6, 6.07) is 0.412. The zero-order valence-electron chi connectivity index (χ0n) is 9.18. The molecule has 3 nitrogen and oxygen atoms in total. The minimum atomic E-state index is -5.46. The number of benzene rings is 1. The predicted molar refractivity (Wildman–Crippen MR) is 54.1 cm³/mol. The van der Waals surface area contributed by atoms with Crippen molar-refractivity contribution >= 4 is 17.6 Å². The van der Waals surface area contributed by atoms with Crippen molar-refractivity contribution in [3.8, 4) is 0 Å². The quantitative estimate of drug-likeness (QED) is 0.819. The van der Waals surface area contributed by atoms with Crippen molar-refractivity contribution in [3.63, 3.8) is 0 Å². The maximum absolute atomic E-state index is 12.7. The molecule has 0 heterocycles. The molecule has 0 aliphatic carbocycles. The molecule has 0 saturated heterocycles. The van der Waals surface area contributed by atoms with Gasteiger partial charge in [-0.1, -0.05) is 17.7 Å². The number of carboxylic acids is 1. The van der Waals surface area contributed by atoms with Gasteiger partial charge in [0, 0.05) is 5.56 Å². The molecule has 10 heteroatoms. The van der Waals surface area contributed by atoms with E-state index in [0.29, 0.717) is 6.07 Å². The van der Waals surface area contributed by atoms with E-state index in [2.05, 4.69) is 0 Å². The molecule has 0 spiro atoms. The largest absolute Gasteiger partial charge is 0.479 e. The minimum absolute atomic E-state index is 0.0240. The van der Waals surface area contributed by atoms with E-state index in [1.165, 1.54) is 0 Å². The predicted octanol–water partition coefficient (Wildman–Crippen LogP) is 3.50. The zero-order chi connectivity index (χ0) is 15.9. The Balaban J connectivity index is 3.65. The fourth-order valence-electron chi connectivity index (χ4n) is 1.45. The van der Waals surface area contributed by atoms with E-state index < -0.39 is 46.1 Å². The van der Waals surface area contributed by atoms with Gasteiger partial charge in [0.05, 0.1) is 16.1 Å². The molecule has 1 aromatic carbocycles. The minimum Gasteiger partial charge on any atom is -0.479 e. The first kappa shape index (κ1) is 16.6. The second kappa shape index (κ2) is 5.13. The van der Waals surface area contributed by atoms with Crippen LogP contribution in [0.5, 0.6) is 0 Å². The van der Waals surface area contributed by atoms with Gasteiger partial charge in [0.2, 0.25) is 0 Å². The molecule has 1 rings (SSSR count). The van der Waals surface area contributed by atoms with Crippen LogP contribution in [0.15, 0.2) is 12.1 Å². The molecule has 0 aliphatic rings. The van der Waals surface area contributed by atoms with Crippen LogP contribution in [-0.4, -0.2) is 16.2 Å². The summed E-state index contributed by atoms with van der Waals surface area (Å²) in [6.07, 6.45) is -13.3. The SMILES string of the molecule is O=C(O)C(O)c1ccc(C(F)(F)F)c(C(F)(F)F)c1Cl. The van der Waals surface area contributed by atoms with Crippen molar-refractivity contribution in [1.29, 1.82) is 0 Å². The first-order chi connectivity index (χ1) is 8.87. The van der Waals surface area contributed by atoms with Crippen LogP contribution in [0.3, 0.4) is 0 Å². The van der Waals surface area contributed by atoms with Crippen molar-refractivity contribution in [2.24, 2.45) is 0 Å². The van der Waals surface area contributed by atoms with Crippen LogP contribution in [0.2, 0.25) is 5.02 Å². The Kier molecular flexibility index (Phi) is 4.25. The highest BCUT2D eigenvalue weighted by Gasteiger charge is 2.46. The molecule has 0 saturated carbocycles. The van der Waals surface area contributed by atoms with Gasteiger partial charge in [-0.15, -0.1) is 0 Å². The molecule has 1 unspecified atom stereocenters. The second-order valence-corrected chi connectivity index (χ2v) is 4.01. The van der Waals surface area contributed by atoms with Gasteiger partial charge < -0.3 is 10.2 Å². The molecule has 20 heavy (non-hydrogen) atoms. The van der Waals surface area contributed by atoms with E-state index in [-0.39, 0.29) is 6.07 Å². The lowest BCUT2D eigenvalue weighted by molar-refractivity contribution is -0.162. The topological polar surface area (TPSA) is 57.5 Å². The lowest BCUT2D eigenvalue weighted by atomic mass is 9.99. The van der Waals surface area contributed by atoms with Gasteiger partial charge in [0.1, 0.15) is 0 Å². The van der Waals surface area contributed by atoms with E-state index in [0.717, 1.165) is 0 Å². The summed E-state index contributed by atoms with van der Waals surface area (Å²) >= 11 is 5.20. The molecule has 1 atom stereocenters. The first-order valence-corrected chi connectivity index (χ1v) is 5.12. The highest BCUT2D eigenvalue weighted by Crippen LogP contribution is 2.45. The maximum atomic E-state index is 12.7. The Morgan fingerprint density at radius 1 is 1.10 bits per heavy atom. The summed E-state index contributed by atoms with van der Waals surface area (Å²) < 4.78 is 75.5. The van der Waals surface area contributed by atoms with Gasteiger partial charge in [-0.05, 0) is 6.07 Å². The number of alkyl halides is 6. The number of aliphatic carboxylic acids is 1. The van der Waals surface area contributed by atoms with Crippen LogP contribution in [0.1, 0.15) is 22.8 Å². The van der Waals surface area contributed by atoms with Crippen LogP contribution in [0.4, 0.5) is 26.3 Å². The molecule has 0 radical (unpaired) electrons. The van der Waals surface area contributed by atoms with Gasteiger partial charge in [-0.25, -0.2) is 4.79 Å². The third-order valence-electron chi connectivity index (χ3n) is 2.29. The first-order valence-electron chi connectivity index (χ1n) is 4.75. The molecule has 0 amide bonds. The average Bonchev–Trinajstić information content (AvgIpc) is 2.24. The maximum Gasteiger partial charge on any atom is 0.418 e. The molecule has 0 fully saturated rings. The molecule has 112 valence electrons. The second-order valence-electron chi connectivity index (χ2n) is 3.63. The number of carbonyl (C=O) groups is 1. The number of halogens is 7. The van der Waals surface area contributed by atoms with Crippen molar-refractivity contribution in [3.05, 3.63) is 33.8 Å². The van der Waals surface area contributed by atoms with Gasteiger partial charge in [-0.3, -0.25) is 0 Å². The third kappa shape index (κ3) is 3.15. The van der Waals surface area contributed by atoms with Crippen LogP contribution >= 0.6 is 11.6 Å². The molecule has 0 aromatic heterocycles. The van der Waals surface area contributed by atoms with Crippen LogP contribution in [-0.2, 0) is 17.1 Å². The van der Waals surface area contributed by atoms with E-state index in [9.17, 15) is 31.1 Å². The van der Waals surface area contributed by atoms with Crippen LogP contribution < -0.4 is 0 Å². The van der Waals surface area contributed by atoms with Crippen molar-refractivity contribution < 1.29 is 41.4 Å². The number of carboxylic acid groups (broad SMARTS) is 1. The zero-order valence-corrected chi connectivity index (χ0v) is 9.94. The smallest absolute Gasteiger partial charge is 0.418 e. The Morgan fingerprint density at radius 3 is 1.95 bits per heavy atom. The standard InChI is InChI=1S/C10H5ClF6O3/c11-6-3(7(18)8(19)20)1-2-4(9(12,13)14)5(6)10(15,16)17/h1-2,7,18H,(H,19,20). The fraction of sp³-hybridized carbons (Fsp3) is 0.300. The lowest BCUT2D eigenvalue weighted by Crippen LogP contribution is -2.20. The normalized spacial score (nSPS) is 14.2. The highest BCUT2D eigenvalue weighted by molar-refractivity contribution is 6.32. The van der Waals surface area contributed by atoms with Crippen molar-refractivity contribution in [2.45, 2.75) is 18.5 Å². The van der Waals surface area contributed by atoms with Crippen molar-refractivity contribution in [1.82, 2.24) is 0 Å². The molecule has 0 bridgehead atoms. The summed E-state index contributed by atoms with van der Waals surface area (Å²) in [5, 5.41) is 16.1. The Labute approximate surface area is 112 Å². The lowest BCUT2D eigenvalue weighted by Gasteiger charge is -2.19. The van der Waals surface area contributed by atoms with Crippen LogP contribution in [0.25, 0.3) is 0 Å². The number of hydrogen-bond acceptors (Lipinski definition) is 2. The van der Waals surface area contributed by atoms with Gasteiger partial charge in [-0.2, -0.15) is 26.3 Å². The van der Waals surface area contributed by atoms with E-state index in [1.54, 1.807) is 0 Å². The highest BCUT2D eigenvalue weighted by atomic mass is 35.5. The number of aliphatic hydroxyl groups is 1. The Bertz CT molecular complexity index is 537. The molecule has 2 N–H and O–H groups in total. The fourth-order valence-corrected chi connectivity index (χ4v) is 1.83. The Morgan fingerprint density at radius 2 is 1.60 bits per heavy atom. The number of rotatable bonds is 2. The summed E-state index contributed by atoms with van der Waals surface area (Å²) in [5.74, 6) is -1.94. The van der Waals surface area contributed by atoms with Gasteiger partial charge in [0.25, 0.3) is 0 Å². The third-order valence-corrected chi connectivity index (χ3v) is 2.70. The van der Waals surface area contributed by atoms with E-state index in [1.807, 2.05) is 0 Å². The summed E-state index contributed by atoms with van der Waals surface area (Å²) in [5.41, 5.74) is -5.26. The van der Waals surface area contributed by atoms with Gasteiger partial charge >= 0.3 is 18.3 Å². The summed E-state index contributed by atoms with van der Waals surface area (Å²) in [7, 11) is 0. The van der Waals surface area contributed by atoms with E-state index >= 15 is 0 Å².